The molecule has 92 valence electrons. The molecule has 0 fully saturated rings. The van der Waals surface area contributed by atoms with Gasteiger partial charge < -0.3 is 9.84 Å². The molecule has 0 spiro atoms. The Hall–Kier alpha value is -1.87. The van der Waals surface area contributed by atoms with Gasteiger partial charge in [-0.2, -0.15) is 10.4 Å². The van der Waals surface area contributed by atoms with E-state index >= 15 is 0 Å². The number of carbonyl (C=O) groups excluding carboxylic acids is 1. The second-order valence-electron chi connectivity index (χ2n) is 4.21. The second-order valence-corrected chi connectivity index (χ2v) is 4.21. The van der Waals surface area contributed by atoms with E-state index in [1.54, 1.807) is 20.8 Å². The van der Waals surface area contributed by atoms with Gasteiger partial charge in [0.2, 0.25) is 0 Å². The average Bonchev–Trinajstić information content (AvgIpc) is 2.58. The van der Waals surface area contributed by atoms with Crippen LogP contribution in [0.5, 0.6) is 0 Å². The van der Waals surface area contributed by atoms with E-state index in [1.807, 2.05) is 6.07 Å². The maximum absolute atomic E-state index is 11.5. The zero-order valence-corrected chi connectivity index (χ0v) is 10.1. The van der Waals surface area contributed by atoms with Crippen LogP contribution in [-0.4, -0.2) is 33.1 Å². The van der Waals surface area contributed by atoms with Crippen molar-refractivity contribution in [3.8, 4) is 6.07 Å². The standard InChI is InChI=1S/C11H15N3O3/c1-4-17-10(15)8-6-13-14(9(8)5-12)7-11(2,3)16/h6,16H,4,7H2,1-3H3. The summed E-state index contributed by atoms with van der Waals surface area (Å²) in [5.74, 6) is -0.578. The molecule has 1 aromatic heterocycles. The van der Waals surface area contributed by atoms with Crippen LogP contribution in [0.3, 0.4) is 0 Å². The number of carbonyl (C=O) groups is 1. The van der Waals surface area contributed by atoms with Gasteiger partial charge >= 0.3 is 5.97 Å². The highest BCUT2D eigenvalue weighted by Crippen LogP contribution is 2.13. The lowest BCUT2D eigenvalue weighted by atomic mass is 10.1. The first-order valence-electron chi connectivity index (χ1n) is 5.24. The number of rotatable bonds is 4. The molecule has 6 heteroatoms. The van der Waals surface area contributed by atoms with E-state index in [0.717, 1.165) is 0 Å². The number of hydrogen-bond donors (Lipinski definition) is 1. The minimum absolute atomic E-state index is 0.102. The molecule has 1 N–H and O–H groups in total. The molecule has 0 aliphatic rings. The molecular formula is C11H15N3O3. The minimum atomic E-state index is -1.01. The molecule has 1 heterocycles. The van der Waals surface area contributed by atoms with Gasteiger partial charge in [-0.15, -0.1) is 0 Å². The SMILES string of the molecule is CCOC(=O)c1cnn(CC(C)(C)O)c1C#N. The topological polar surface area (TPSA) is 88.1 Å². The summed E-state index contributed by atoms with van der Waals surface area (Å²) in [5, 5.41) is 22.6. The summed E-state index contributed by atoms with van der Waals surface area (Å²) in [4.78, 5) is 11.5. The van der Waals surface area contributed by atoms with Crippen molar-refractivity contribution in [1.82, 2.24) is 9.78 Å². The van der Waals surface area contributed by atoms with Crippen molar-refractivity contribution in [2.24, 2.45) is 0 Å². The molecule has 6 nitrogen and oxygen atoms in total. The van der Waals surface area contributed by atoms with Gasteiger partial charge in [0.05, 0.1) is 24.9 Å². The molecule has 0 saturated carbocycles. The zero-order chi connectivity index (χ0) is 13.1. The third-order valence-electron chi connectivity index (χ3n) is 1.98. The van der Waals surface area contributed by atoms with Crippen molar-refractivity contribution in [2.75, 3.05) is 6.61 Å². The van der Waals surface area contributed by atoms with Gasteiger partial charge in [0, 0.05) is 0 Å². The van der Waals surface area contributed by atoms with Gasteiger partial charge in [-0.3, -0.25) is 4.68 Å². The van der Waals surface area contributed by atoms with Crippen LogP contribution < -0.4 is 0 Å². The Morgan fingerprint density at radius 1 is 1.71 bits per heavy atom. The largest absolute Gasteiger partial charge is 0.462 e. The normalized spacial score (nSPS) is 11.0. The summed E-state index contributed by atoms with van der Waals surface area (Å²) >= 11 is 0. The second kappa shape index (κ2) is 4.97. The van der Waals surface area contributed by atoms with Crippen LogP contribution >= 0.6 is 0 Å². The Morgan fingerprint density at radius 2 is 2.35 bits per heavy atom. The number of aliphatic hydroxyl groups is 1. The first kappa shape index (κ1) is 13.2. The lowest BCUT2D eigenvalue weighted by Gasteiger charge is -2.17. The molecule has 0 unspecified atom stereocenters. The van der Waals surface area contributed by atoms with E-state index in [9.17, 15) is 9.90 Å². The molecule has 0 atom stereocenters. The molecule has 0 aromatic carbocycles. The monoisotopic (exact) mass is 237 g/mol. The minimum Gasteiger partial charge on any atom is -0.462 e. The molecule has 0 aliphatic carbocycles. The van der Waals surface area contributed by atoms with E-state index in [-0.39, 0.29) is 24.4 Å². The summed E-state index contributed by atoms with van der Waals surface area (Å²) in [7, 11) is 0. The molecule has 0 aliphatic heterocycles. The molecular weight excluding hydrogens is 222 g/mol. The first-order valence-corrected chi connectivity index (χ1v) is 5.24. The number of aromatic nitrogens is 2. The number of esters is 1. The Labute approximate surface area is 99.4 Å². The van der Waals surface area contributed by atoms with E-state index in [1.165, 1.54) is 10.9 Å². The fourth-order valence-corrected chi connectivity index (χ4v) is 1.35. The molecule has 0 bridgehead atoms. The van der Waals surface area contributed by atoms with Crippen LogP contribution in [-0.2, 0) is 11.3 Å². The molecule has 1 aromatic rings. The first-order chi connectivity index (χ1) is 7.89. The number of hydrogen-bond acceptors (Lipinski definition) is 5. The fraction of sp³-hybridized carbons (Fsp3) is 0.545. The van der Waals surface area contributed by atoms with Crippen LogP contribution in [0.25, 0.3) is 0 Å². The van der Waals surface area contributed by atoms with Crippen molar-refractivity contribution < 1.29 is 14.6 Å². The third-order valence-corrected chi connectivity index (χ3v) is 1.98. The van der Waals surface area contributed by atoms with Crippen LogP contribution in [0.2, 0.25) is 0 Å². The lowest BCUT2D eigenvalue weighted by molar-refractivity contribution is 0.0516. The Morgan fingerprint density at radius 3 is 2.82 bits per heavy atom. The van der Waals surface area contributed by atoms with Crippen molar-refractivity contribution in [2.45, 2.75) is 32.9 Å². The molecule has 0 saturated heterocycles. The van der Waals surface area contributed by atoms with Gasteiger partial charge in [-0.1, -0.05) is 0 Å². The van der Waals surface area contributed by atoms with Gasteiger partial charge in [0.1, 0.15) is 11.6 Å². The Balaban J connectivity index is 3.04. The van der Waals surface area contributed by atoms with E-state index in [4.69, 9.17) is 10.00 Å². The van der Waals surface area contributed by atoms with Crippen LogP contribution in [0.15, 0.2) is 6.20 Å². The maximum Gasteiger partial charge on any atom is 0.342 e. The highest BCUT2D eigenvalue weighted by atomic mass is 16.5. The summed E-state index contributed by atoms with van der Waals surface area (Å²) < 4.78 is 6.11. The van der Waals surface area contributed by atoms with Crippen LogP contribution in [0.4, 0.5) is 0 Å². The zero-order valence-electron chi connectivity index (χ0n) is 10.1. The number of nitriles is 1. The quantitative estimate of drug-likeness (QED) is 0.779. The average molecular weight is 237 g/mol. The maximum atomic E-state index is 11.5. The van der Waals surface area contributed by atoms with Crippen molar-refractivity contribution in [3.63, 3.8) is 0 Å². The van der Waals surface area contributed by atoms with Gasteiger partial charge in [-0.05, 0) is 20.8 Å². The van der Waals surface area contributed by atoms with Crippen LogP contribution in [0, 0.1) is 11.3 Å². The Kier molecular flexibility index (Phi) is 3.86. The summed E-state index contributed by atoms with van der Waals surface area (Å²) in [6, 6.07) is 1.89. The summed E-state index contributed by atoms with van der Waals surface area (Å²) in [6.07, 6.45) is 1.28. The van der Waals surface area contributed by atoms with Gasteiger partial charge in [-0.25, -0.2) is 4.79 Å². The molecule has 0 radical (unpaired) electrons. The predicted octanol–water partition coefficient (Wildman–Crippen LogP) is 0.702. The van der Waals surface area contributed by atoms with Crippen molar-refractivity contribution in [1.29, 1.82) is 5.26 Å². The van der Waals surface area contributed by atoms with Crippen molar-refractivity contribution >= 4 is 5.97 Å². The molecule has 17 heavy (non-hydrogen) atoms. The fourth-order valence-electron chi connectivity index (χ4n) is 1.35. The van der Waals surface area contributed by atoms with E-state index in [2.05, 4.69) is 5.10 Å². The summed E-state index contributed by atoms with van der Waals surface area (Å²) in [6.45, 7) is 5.25. The van der Waals surface area contributed by atoms with E-state index < -0.39 is 11.6 Å². The highest BCUT2D eigenvalue weighted by Gasteiger charge is 2.22. The molecule has 1 rings (SSSR count). The predicted molar refractivity (Wildman–Crippen MR) is 59.2 cm³/mol. The summed E-state index contributed by atoms with van der Waals surface area (Å²) in [5.41, 5.74) is -0.784. The smallest absolute Gasteiger partial charge is 0.342 e. The third kappa shape index (κ3) is 3.29. The van der Waals surface area contributed by atoms with E-state index in [0.29, 0.717) is 0 Å². The number of nitrogens with zero attached hydrogens (tertiary/aromatic N) is 3. The lowest BCUT2D eigenvalue weighted by Crippen LogP contribution is -2.27. The highest BCUT2D eigenvalue weighted by molar-refractivity contribution is 5.91. The Bertz CT molecular complexity index is 452. The van der Waals surface area contributed by atoms with Gasteiger partial charge in [0.25, 0.3) is 0 Å². The van der Waals surface area contributed by atoms with Crippen molar-refractivity contribution in [3.05, 3.63) is 17.5 Å². The number of ether oxygens (including phenoxy) is 1. The van der Waals surface area contributed by atoms with Crippen LogP contribution in [0.1, 0.15) is 36.8 Å². The van der Waals surface area contributed by atoms with Gasteiger partial charge in [0.15, 0.2) is 5.69 Å². The molecule has 0 amide bonds.